The maximum Gasteiger partial charge on any atom is 0.482 e. The fourth-order valence-electron chi connectivity index (χ4n) is 1.49. The van der Waals surface area contributed by atoms with Crippen LogP contribution in [0.3, 0.4) is 0 Å². The second-order valence-corrected chi connectivity index (χ2v) is 13.9. The van der Waals surface area contributed by atoms with Gasteiger partial charge >= 0.3 is 36.7 Å². The quantitative estimate of drug-likeness (QED) is 0.726. The van der Waals surface area contributed by atoms with Crippen LogP contribution >= 0.6 is 0 Å². The van der Waals surface area contributed by atoms with Crippen molar-refractivity contribution in [1.82, 2.24) is 0 Å². The van der Waals surface area contributed by atoms with Gasteiger partial charge in [-0.3, -0.25) is 0 Å². The number of rotatable bonds is 5. The van der Waals surface area contributed by atoms with E-state index in [4.69, 9.17) is 20.9 Å². The lowest BCUT2D eigenvalue weighted by atomic mass is 11.0. The second kappa shape index (κ2) is 8.07. The summed E-state index contributed by atoms with van der Waals surface area (Å²) in [4.78, 5) is 0. The SMILES string of the molecule is CC[Si]1O[Si](CC)O[Si](CC)(OC)O[Si](CC)O1. The van der Waals surface area contributed by atoms with E-state index < -0.39 is 36.7 Å². The summed E-state index contributed by atoms with van der Waals surface area (Å²) in [6.07, 6.45) is 0. The molecular formula is C9H23O5Si4. The third kappa shape index (κ3) is 4.35. The predicted octanol–water partition coefficient (Wildman–Crippen LogP) is 2.20. The lowest BCUT2D eigenvalue weighted by Gasteiger charge is -2.36. The van der Waals surface area contributed by atoms with Gasteiger partial charge in [0.05, 0.1) is 0 Å². The van der Waals surface area contributed by atoms with Crippen molar-refractivity contribution in [3.8, 4) is 0 Å². The van der Waals surface area contributed by atoms with Gasteiger partial charge in [0.2, 0.25) is 0 Å². The molecule has 9 heteroatoms. The Balaban J connectivity index is 2.84. The van der Waals surface area contributed by atoms with Crippen LogP contribution in [-0.2, 0) is 20.9 Å². The Hall–Kier alpha value is 0.668. The van der Waals surface area contributed by atoms with Crippen LogP contribution in [0.4, 0.5) is 0 Å². The zero-order valence-electron chi connectivity index (χ0n) is 11.9. The maximum atomic E-state index is 6.14. The minimum atomic E-state index is -2.57. The van der Waals surface area contributed by atoms with E-state index in [1.54, 1.807) is 7.11 Å². The van der Waals surface area contributed by atoms with E-state index in [-0.39, 0.29) is 0 Å². The minimum Gasteiger partial charge on any atom is -0.414 e. The first-order valence-electron chi connectivity index (χ1n) is 6.49. The minimum absolute atomic E-state index is 0.771. The van der Waals surface area contributed by atoms with Crippen LogP contribution in [0.15, 0.2) is 0 Å². The molecule has 0 bridgehead atoms. The molecule has 0 N–H and O–H groups in total. The zero-order chi connectivity index (χ0) is 13.6. The Morgan fingerprint density at radius 1 is 0.833 bits per heavy atom. The van der Waals surface area contributed by atoms with Gasteiger partial charge in [0.15, 0.2) is 0 Å². The first-order valence-corrected chi connectivity index (χ1v) is 13.0. The molecule has 1 aliphatic heterocycles. The van der Waals surface area contributed by atoms with Crippen LogP contribution in [0.25, 0.3) is 0 Å². The molecule has 0 aromatic rings. The predicted molar refractivity (Wildman–Crippen MR) is 76.3 cm³/mol. The Bertz CT molecular complexity index is 223. The summed E-state index contributed by atoms with van der Waals surface area (Å²) in [5.41, 5.74) is 0. The van der Waals surface area contributed by atoms with Gasteiger partial charge in [0.1, 0.15) is 0 Å². The Morgan fingerprint density at radius 3 is 1.56 bits per heavy atom. The van der Waals surface area contributed by atoms with Crippen molar-refractivity contribution in [2.45, 2.75) is 51.9 Å². The van der Waals surface area contributed by atoms with Crippen LogP contribution in [0.2, 0.25) is 24.2 Å². The average Bonchev–Trinajstić information content (AvgIpc) is 2.40. The van der Waals surface area contributed by atoms with E-state index in [0.29, 0.717) is 0 Å². The summed E-state index contributed by atoms with van der Waals surface area (Å²) in [5.74, 6) is 0. The molecule has 1 rings (SSSR count). The van der Waals surface area contributed by atoms with E-state index in [1.165, 1.54) is 0 Å². The topological polar surface area (TPSA) is 46.2 Å². The highest BCUT2D eigenvalue weighted by molar-refractivity contribution is 6.79. The largest absolute Gasteiger partial charge is 0.482 e. The first kappa shape index (κ1) is 16.7. The van der Waals surface area contributed by atoms with Gasteiger partial charge in [-0.05, 0) is 18.1 Å². The van der Waals surface area contributed by atoms with Crippen molar-refractivity contribution in [3.63, 3.8) is 0 Å². The van der Waals surface area contributed by atoms with Gasteiger partial charge in [0, 0.05) is 13.2 Å². The molecule has 0 atom stereocenters. The summed E-state index contributed by atoms with van der Waals surface area (Å²) in [6, 6.07) is 3.47. The Kier molecular flexibility index (Phi) is 7.49. The molecule has 1 fully saturated rings. The monoisotopic (exact) mass is 323 g/mol. The van der Waals surface area contributed by atoms with E-state index in [0.717, 1.165) is 24.2 Å². The van der Waals surface area contributed by atoms with Crippen LogP contribution in [0.1, 0.15) is 27.7 Å². The van der Waals surface area contributed by atoms with Gasteiger partial charge in [0.25, 0.3) is 0 Å². The molecule has 1 saturated heterocycles. The highest BCUT2D eigenvalue weighted by atomic mass is 28.5. The molecule has 0 aromatic carbocycles. The fourth-order valence-corrected chi connectivity index (χ4v) is 14.0. The smallest absolute Gasteiger partial charge is 0.414 e. The molecule has 0 saturated carbocycles. The van der Waals surface area contributed by atoms with E-state index in [1.807, 2.05) is 6.92 Å². The Morgan fingerprint density at radius 2 is 1.28 bits per heavy atom. The molecule has 0 aromatic heterocycles. The fraction of sp³-hybridized carbons (Fsp3) is 1.00. The van der Waals surface area contributed by atoms with Crippen LogP contribution in [0, 0.1) is 0 Å². The number of hydrogen-bond acceptors (Lipinski definition) is 5. The summed E-state index contributed by atoms with van der Waals surface area (Å²) in [7, 11) is -4.76. The van der Waals surface area contributed by atoms with Crippen molar-refractivity contribution in [2.75, 3.05) is 7.11 Å². The van der Waals surface area contributed by atoms with Gasteiger partial charge < -0.3 is 20.9 Å². The standard InChI is InChI=1S/C9H23O5Si4/c1-6-15-11-16(7-2)13-18(9-4,10-5)14-17(8-3)12-15/h6-9H2,1-5H3. The van der Waals surface area contributed by atoms with Gasteiger partial charge in [-0.1, -0.05) is 27.7 Å². The molecule has 1 heterocycles. The molecule has 18 heavy (non-hydrogen) atoms. The van der Waals surface area contributed by atoms with E-state index >= 15 is 0 Å². The first-order chi connectivity index (χ1) is 8.62. The molecule has 105 valence electrons. The summed E-state index contributed by atoms with van der Waals surface area (Å²) < 4.78 is 29.9. The average molecular weight is 324 g/mol. The number of hydrogen-bond donors (Lipinski definition) is 0. The molecule has 0 amide bonds. The van der Waals surface area contributed by atoms with Crippen molar-refractivity contribution in [1.29, 1.82) is 0 Å². The summed E-state index contributed by atoms with van der Waals surface area (Å²) in [5, 5.41) is 0. The van der Waals surface area contributed by atoms with Crippen LogP contribution < -0.4 is 0 Å². The molecular weight excluding hydrogens is 300 g/mol. The highest BCUT2D eigenvalue weighted by Crippen LogP contribution is 2.23. The molecule has 0 aliphatic carbocycles. The van der Waals surface area contributed by atoms with Crippen molar-refractivity contribution in [3.05, 3.63) is 0 Å². The molecule has 0 unspecified atom stereocenters. The summed E-state index contributed by atoms with van der Waals surface area (Å²) in [6.45, 7) is 8.32. The zero-order valence-corrected chi connectivity index (χ0v) is 15.9. The van der Waals surface area contributed by atoms with Gasteiger partial charge in [-0.25, -0.2) is 0 Å². The molecule has 5 nitrogen and oxygen atoms in total. The molecule has 0 spiro atoms. The maximum absolute atomic E-state index is 6.14. The van der Waals surface area contributed by atoms with Crippen LogP contribution in [0.5, 0.6) is 0 Å². The molecule has 3 radical (unpaired) electrons. The highest BCUT2D eigenvalue weighted by Gasteiger charge is 2.47. The van der Waals surface area contributed by atoms with E-state index in [9.17, 15) is 0 Å². The van der Waals surface area contributed by atoms with Crippen molar-refractivity contribution < 1.29 is 20.9 Å². The summed E-state index contributed by atoms with van der Waals surface area (Å²) >= 11 is 0. The normalized spacial score (nSPS) is 23.8. The van der Waals surface area contributed by atoms with Gasteiger partial charge in [-0.15, -0.1) is 0 Å². The third-order valence-corrected chi connectivity index (χ3v) is 13.8. The molecule has 1 aliphatic rings. The second-order valence-electron chi connectivity index (χ2n) is 3.83. The van der Waals surface area contributed by atoms with Crippen molar-refractivity contribution >= 4 is 36.7 Å². The van der Waals surface area contributed by atoms with Gasteiger partial charge in [-0.2, -0.15) is 0 Å². The third-order valence-electron chi connectivity index (χ3n) is 2.60. The Labute approximate surface area is 117 Å². The van der Waals surface area contributed by atoms with E-state index in [2.05, 4.69) is 20.8 Å². The lowest BCUT2D eigenvalue weighted by Crippen LogP contribution is -2.57. The van der Waals surface area contributed by atoms with Crippen molar-refractivity contribution in [2.24, 2.45) is 0 Å². The van der Waals surface area contributed by atoms with Crippen LogP contribution in [-0.4, -0.2) is 43.8 Å². The lowest BCUT2D eigenvalue weighted by molar-refractivity contribution is 0.164.